The van der Waals surface area contributed by atoms with Crippen LogP contribution < -0.4 is 34.2 Å². The van der Waals surface area contributed by atoms with Crippen LogP contribution in [-0.2, 0) is 14.9 Å². The molecule has 0 radical (unpaired) electrons. The lowest BCUT2D eigenvalue weighted by atomic mass is 10.2. The molecule has 0 saturated heterocycles. The Morgan fingerprint density at radius 2 is 1.53 bits per heavy atom. The van der Waals surface area contributed by atoms with Crippen molar-refractivity contribution in [1.82, 2.24) is 0 Å². The first-order valence-electron chi connectivity index (χ1n) is 8.72. The smallest absolute Gasteiger partial charge is 0.339 e. The second-order valence-electron chi connectivity index (χ2n) is 5.85. The van der Waals surface area contributed by atoms with E-state index in [-0.39, 0.29) is 52.5 Å². The summed E-state index contributed by atoms with van der Waals surface area (Å²) in [5, 5.41) is 2.60. The zero-order valence-electron chi connectivity index (χ0n) is 17.1. The summed E-state index contributed by atoms with van der Waals surface area (Å²) < 4.78 is 51.6. The molecule has 0 heterocycles. The van der Waals surface area contributed by atoms with Crippen LogP contribution in [0.1, 0.15) is 6.42 Å². The fourth-order valence-corrected chi connectivity index (χ4v) is 3.51. The molecular weight excluding hydrogens is 416 g/mol. The molecule has 30 heavy (non-hydrogen) atoms. The van der Waals surface area contributed by atoms with E-state index in [1.807, 2.05) is 0 Å². The number of carbonyl (C=O) groups is 1. The number of benzene rings is 2. The van der Waals surface area contributed by atoms with E-state index < -0.39 is 10.1 Å². The Balaban J connectivity index is 2.40. The van der Waals surface area contributed by atoms with Crippen LogP contribution in [0.15, 0.2) is 35.2 Å². The SMILES string of the molecule is COc1ccc(OS(=O)(=O)c2cc(OC)c(OC)c(OC)c2)cc1NC(=O)CCN. The summed E-state index contributed by atoms with van der Waals surface area (Å²) in [6, 6.07) is 6.71. The Hall–Kier alpha value is -3.18. The Bertz CT molecular complexity index is 983. The molecule has 0 unspecified atom stereocenters. The topological polar surface area (TPSA) is 135 Å². The minimum Gasteiger partial charge on any atom is -0.495 e. The van der Waals surface area contributed by atoms with Gasteiger partial charge in [-0.15, -0.1) is 0 Å². The van der Waals surface area contributed by atoms with Gasteiger partial charge in [0.1, 0.15) is 16.4 Å². The number of amides is 1. The summed E-state index contributed by atoms with van der Waals surface area (Å²) in [4.78, 5) is 11.6. The summed E-state index contributed by atoms with van der Waals surface area (Å²) in [6.07, 6.45) is 0.0952. The Morgan fingerprint density at radius 3 is 2.03 bits per heavy atom. The van der Waals surface area contributed by atoms with Gasteiger partial charge in [0.15, 0.2) is 11.5 Å². The first-order valence-corrected chi connectivity index (χ1v) is 10.1. The third-order valence-electron chi connectivity index (χ3n) is 3.95. The molecule has 0 aliphatic carbocycles. The maximum absolute atomic E-state index is 12.8. The molecule has 0 atom stereocenters. The molecule has 3 N–H and O–H groups in total. The van der Waals surface area contributed by atoms with E-state index >= 15 is 0 Å². The first-order chi connectivity index (χ1) is 14.3. The van der Waals surface area contributed by atoms with Crippen molar-refractivity contribution in [2.45, 2.75) is 11.3 Å². The molecule has 0 saturated carbocycles. The van der Waals surface area contributed by atoms with Crippen molar-refractivity contribution < 1.29 is 36.3 Å². The molecule has 10 nitrogen and oxygen atoms in total. The van der Waals surface area contributed by atoms with Gasteiger partial charge in [0.05, 0.1) is 34.1 Å². The van der Waals surface area contributed by atoms with Gasteiger partial charge < -0.3 is 34.2 Å². The van der Waals surface area contributed by atoms with Gasteiger partial charge in [0.25, 0.3) is 0 Å². The monoisotopic (exact) mass is 440 g/mol. The van der Waals surface area contributed by atoms with E-state index in [2.05, 4.69) is 5.32 Å². The fraction of sp³-hybridized carbons (Fsp3) is 0.316. The Labute approximate surface area is 174 Å². The Kier molecular flexibility index (Phi) is 7.72. The predicted octanol–water partition coefficient (Wildman–Crippen LogP) is 1.78. The molecule has 0 spiro atoms. The third kappa shape index (κ3) is 5.24. The highest BCUT2D eigenvalue weighted by atomic mass is 32.2. The van der Waals surface area contributed by atoms with Gasteiger partial charge in [0, 0.05) is 31.2 Å². The molecule has 164 valence electrons. The molecule has 2 aromatic rings. The number of methoxy groups -OCH3 is 4. The van der Waals surface area contributed by atoms with E-state index in [1.54, 1.807) is 0 Å². The average Bonchev–Trinajstić information content (AvgIpc) is 2.72. The second-order valence-corrected chi connectivity index (χ2v) is 7.39. The molecule has 0 aliphatic rings. The van der Waals surface area contributed by atoms with E-state index in [9.17, 15) is 13.2 Å². The van der Waals surface area contributed by atoms with E-state index in [4.69, 9.17) is 28.9 Å². The standard InChI is InChI=1S/C19H24N2O8S/c1-25-15-6-5-12(9-14(15)21-18(22)7-8-20)29-30(23,24)13-10-16(26-2)19(28-4)17(11-13)27-3/h5-6,9-11H,7-8,20H2,1-4H3,(H,21,22). The lowest BCUT2D eigenvalue weighted by Gasteiger charge is -2.15. The van der Waals surface area contributed by atoms with Crippen molar-refractivity contribution in [2.75, 3.05) is 40.3 Å². The van der Waals surface area contributed by atoms with Gasteiger partial charge >= 0.3 is 10.1 Å². The van der Waals surface area contributed by atoms with Gasteiger partial charge in [-0.2, -0.15) is 8.42 Å². The van der Waals surface area contributed by atoms with Gasteiger partial charge in [-0.25, -0.2) is 0 Å². The highest BCUT2D eigenvalue weighted by Gasteiger charge is 2.24. The van der Waals surface area contributed by atoms with E-state index in [0.29, 0.717) is 5.75 Å². The molecule has 11 heteroatoms. The third-order valence-corrected chi connectivity index (χ3v) is 5.17. The van der Waals surface area contributed by atoms with Gasteiger partial charge in [-0.05, 0) is 12.1 Å². The maximum Gasteiger partial charge on any atom is 0.339 e. The Morgan fingerprint density at radius 1 is 0.933 bits per heavy atom. The molecular formula is C19H24N2O8S. The van der Waals surface area contributed by atoms with Gasteiger partial charge in [-0.3, -0.25) is 4.79 Å². The highest BCUT2D eigenvalue weighted by molar-refractivity contribution is 7.87. The number of nitrogens with one attached hydrogen (secondary N) is 1. The van der Waals surface area contributed by atoms with Crippen LogP contribution in [0.3, 0.4) is 0 Å². The van der Waals surface area contributed by atoms with Crippen molar-refractivity contribution in [3.63, 3.8) is 0 Å². The van der Waals surface area contributed by atoms with Gasteiger partial charge in [-0.1, -0.05) is 0 Å². The maximum atomic E-state index is 12.8. The van der Waals surface area contributed by atoms with Crippen molar-refractivity contribution in [3.05, 3.63) is 30.3 Å². The average molecular weight is 440 g/mol. The quantitative estimate of drug-likeness (QED) is 0.530. The number of nitrogens with two attached hydrogens (primary N) is 1. The zero-order chi connectivity index (χ0) is 22.3. The molecule has 0 bridgehead atoms. The van der Waals surface area contributed by atoms with Crippen molar-refractivity contribution >= 4 is 21.7 Å². The summed E-state index contributed by atoms with van der Waals surface area (Å²) in [5.74, 6) is 0.506. The van der Waals surface area contributed by atoms with Crippen LogP contribution in [0.4, 0.5) is 5.69 Å². The minimum absolute atomic E-state index is 0.0346. The van der Waals surface area contributed by atoms with Crippen LogP contribution in [0, 0.1) is 0 Å². The molecule has 1 amide bonds. The summed E-state index contributed by atoms with van der Waals surface area (Å²) >= 11 is 0. The summed E-state index contributed by atoms with van der Waals surface area (Å²) in [6.45, 7) is 0.167. The van der Waals surface area contributed by atoms with Crippen molar-refractivity contribution in [1.29, 1.82) is 0 Å². The predicted molar refractivity (Wildman–Crippen MR) is 109 cm³/mol. The second kappa shape index (κ2) is 10.0. The molecule has 0 fully saturated rings. The molecule has 2 rings (SSSR count). The normalized spacial score (nSPS) is 10.8. The number of ether oxygens (including phenoxy) is 4. The van der Waals surface area contributed by atoms with E-state index in [0.717, 1.165) is 0 Å². The molecule has 0 aromatic heterocycles. The van der Waals surface area contributed by atoms with Crippen LogP contribution in [0.25, 0.3) is 0 Å². The van der Waals surface area contributed by atoms with Crippen LogP contribution in [0.5, 0.6) is 28.7 Å². The fourth-order valence-electron chi connectivity index (χ4n) is 2.56. The minimum atomic E-state index is -4.27. The lowest BCUT2D eigenvalue weighted by Crippen LogP contribution is -2.17. The van der Waals surface area contributed by atoms with Crippen molar-refractivity contribution in [3.8, 4) is 28.7 Å². The molecule has 0 aliphatic heterocycles. The molecule has 2 aromatic carbocycles. The lowest BCUT2D eigenvalue weighted by molar-refractivity contribution is -0.116. The number of hydrogen-bond acceptors (Lipinski definition) is 9. The number of anilines is 1. The number of hydrogen-bond donors (Lipinski definition) is 2. The summed E-state index contributed by atoms with van der Waals surface area (Å²) in [5.41, 5.74) is 5.62. The van der Waals surface area contributed by atoms with Crippen LogP contribution in [-0.4, -0.2) is 49.3 Å². The van der Waals surface area contributed by atoms with Crippen molar-refractivity contribution in [2.24, 2.45) is 5.73 Å². The van der Waals surface area contributed by atoms with Crippen LogP contribution in [0.2, 0.25) is 0 Å². The van der Waals surface area contributed by atoms with Gasteiger partial charge in [0.2, 0.25) is 11.7 Å². The largest absolute Gasteiger partial charge is 0.495 e. The van der Waals surface area contributed by atoms with Crippen LogP contribution >= 0.6 is 0 Å². The van der Waals surface area contributed by atoms with E-state index in [1.165, 1.54) is 58.8 Å². The zero-order valence-corrected chi connectivity index (χ0v) is 17.9. The highest BCUT2D eigenvalue weighted by Crippen LogP contribution is 2.40. The number of rotatable bonds is 10. The first kappa shape index (κ1) is 23.1. The summed E-state index contributed by atoms with van der Waals surface area (Å²) in [7, 11) is 1.29. The number of carbonyl (C=O) groups excluding carboxylic acids is 1.